The third-order valence-corrected chi connectivity index (χ3v) is 4.10. The van der Waals surface area contributed by atoms with Crippen molar-refractivity contribution in [2.45, 2.75) is 20.3 Å². The van der Waals surface area contributed by atoms with Crippen LogP contribution >= 0.6 is 0 Å². The number of benzene rings is 2. The van der Waals surface area contributed by atoms with Crippen LogP contribution < -0.4 is 15.5 Å². The number of hydrazone groups is 1. The van der Waals surface area contributed by atoms with E-state index in [-0.39, 0.29) is 12.5 Å². The predicted molar refractivity (Wildman–Crippen MR) is 111 cm³/mol. The summed E-state index contributed by atoms with van der Waals surface area (Å²) in [5.74, 6) is -0.110. The van der Waals surface area contributed by atoms with E-state index in [9.17, 15) is 9.59 Å². The lowest BCUT2D eigenvalue weighted by molar-refractivity contribution is -0.123. The molecule has 0 saturated heterocycles. The fourth-order valence-electron chi connectivity index (χ4n) is 2.43. The Hall–Kier alpha value is -3.41. The van der Waals surface area contributed by atoms with Crippen LogP contribution in [0.2, 0.25) is 0 Å². The second-order valence-corrected chi connectivity index (χ2v) is 6.08. The Bertz CT molecular complexity index is 871. The minimum absolute atomic E-state index is 0.166. The zero-order valence-electron chi connectivity index (χ0n) is 16.4. The van der Waals surface area contributed by atoms with Gasteiger partial charge in [-0.15, -0.1) is 0 Å². The molecule has 2 rings (SSSR count). The van der Waals surface area contributed by atoms with Crippen molar-refractivity contribution in [2.75, 3.05) is 13.7 Å². The lowest BCUT2D eigenvalue weighted by Crippen LogP contribution is -2.34. The number of nitrogens with zero attached hydrogens (tertiary/aromatic N) is 1. The minimum atomic E-state index is -0.399. The van der Waals surface area contributed by atoms with E-state index in [4.69, 9.17) is 4.74 Å². The zero-order chi connectivity index (χ0) is 20.4. The Kier molecular flexibility index (Phi) is 7.96. The SMILES string of the molecule is CCc1ccc(C(C)=NNC(=O)CNC(=O)C=Cc2ccccc2OC)cc1. The van der Waals surface area contributed by atoms with Crippen molar-refractivity contribution in [3.63, 3.8) is 0 Å². The number of carbonyl (C=O) groups is 2. The van der Waals surface area contributed by atoms with Crippen molar-refractivity contribution in [1.29, 1.82) is 0 Å². The van der Waals surface area contributed by atoms with E-state index in [1.54, 1.807) is 19.3 Å². The normalized spacial score (nSPS) is 11.3. The number of amides is 2. The summed E-state index contributed by atoms with van der Waals surface area (Å²) in [6.07, 6.45) is 3.96. The highest BCUT2D eigenvalue weighted by Crippen LogP contribution is 2.18. The van der Waals surface area contributed by atoms with Crippen LogP contribution in [-0.4, -0.2) is 31.2 Å². The molecule has 6 heteroatoms. The second kappa shape index (κ2) is 10.7. The van der Waals surface area contributed by atoms with E-state index in [0.717, 1.165) is 17.5 Å². The maximum absolute atomic E-state index is 11.9. The van der Waals surface area contributed by atoms with Crippen LogP contribution in [0.4, 0.5) is 0 Å². The van der Waals surface area contributed by atoms with Gasteiger partial charge in [-0.1, -0.05) is 49.4 Å². The van der Waals surface area contributed by atoms with E-state index in [1.807, 2.05) is 49.4 Å². The van der Waals surface area contributed by atoms with Crippen LogP contribution in [0, 0.1) is 0 Å². The van der Waals surface area contributed by atoms with Gasteiger partial charge >= 0.3 is 0 Å². The van der Waals surface area contributed by atoms with Crippen LogP contribution in [-0.2, 0) is 16.0 Å². The van der Waals surface area contributed by atoms with Gasteiger partial charge in [0.2, 0.25) is 5.91 Å². The fraction of sp³-hybridized carbons (Fsp3) is 0.227. The summed E-state index contributed by atoms with van der Waals surface area (Å²) >= 11 is 0. The van der Waals surface area contributed by atoms with E-state index >= 15 is 0 Å². The molecule has 0 atom stereocenters. The molecule has 0 bridgehead atoms. The largest absolute Gasteiger partial charge is 0.496 e. The van der Waals surface area contributed by atoms with Crippen molar-refractivity contribution in [2.24, 2.45) is 5.10 Å². The van der Waals surface area contributed by atoms with Crippen LogP contribution in [0.1, 0.15) is 30.5 Å². The smallest absolute Gasteiger partial charge is 0.259 e. The molecule has 0 spiro atoms. The summed E-state index contributed by atoms with van der Waals surface area (Å²) in [4.78, 5) is 23.8. The Balaban J connectivity index is 1.82. The standard InChI is InChI=1S/C22H25N3O3/c1-4-17-9-11-18(12-10-17)16(2)24-25-22(27)15-23-21(26)14-13-19-7-5-6-8-20(19)28-3/h5-14H,4,15H2,1-3H3,(H,23,26)(H,25,27). The molecule has 0 aliphatic carbocycles. The molecule has 146 valence electrons. The van der Waals surface area contributed by atoms with Gasteiger partial charge in [0.15, 0.2) is 0 Å². The first-order valence-corrected chi connectivity index (χ1v) is 9.05. The topological polar surface area (TPSA) is 79.8 Å². The molecule has 28 heavy (non-hydrogen) atoms. The van der Waals surface area contributed by atoms with Gasteiger partial charge in [-0.2, -0.15) is 5.10 Å². The van der Waals surface area contributed by atoms with Crippen LogP contribution in [0.3, 0.4) is 0 Å². The quantitative estimate of drug-likeness (QED) is 0.420. The Morgan fingerprint density at radius 1 is 1.11 bits per heavy atom. The van der Waals surface area contributed by atoms with Crippen LogP contribution in [0.15, 0.2) is 59.7 Å². The summed E-state index contributed by atoms with van der Waals surface area (Å²) in [6, 6.07) is 15.3. The highest BCUT2D eigenvalue weighted by molar-refractivity contribution is 5.99. The van der Waals surface area contributed by atoms with Gasteiger partial charge in [0.05, 0.1) is 19.4 Å². The molecule has 0 aliphatic rings. The van der Waals surface area contributed by atoms with E-state index in [0.29, 0.717) is 11.5 Å². The van der Waals surface area contributed by atoms with Crippen molar-refractivity contribution < 1.29 is 14.3 Å². The molecular weight excluding hydrogens is 354 g/mol. The number of para-hydroxylation sites is 1. The summed E-state index contributed by atoms with van der Waals surface area (Å²) in [5.41, 5.74) is 6.09. The van der Waals surface area contributed by atoms with Crippen LogP contribution in [0.5, 0.6) is 5.75 Å². The number of hydrogen-bond acceptors (Lipinski definition) is 4. The molecule has 0 fully saturated rings. The number of aryl methyl sites for hydroxylation is 1. The first kappa shape index (κ1) is 20.9. The zero-order valence-corrected chi connectivity index (χ0v) is 16.4. The average molecular weight is 379 g/mol. The number of carbonyl (C=O) groups excluding carboxylic acids is 2. The molecular formula is C22H25N3O3. The number of hydrogen-bond donors (Lipinski definition) is 2. The maximum Gasteiger partial charge on any atom is 0.259 e. The minimum Gasteiger partial charge on any atom is -0.496 e. The molecule has 0 aliphatic heterocycles. The summed E-state index contributed by atoms with van der Waals surface area (Å²) in [6.45, 7) is 3.74. The summed E-state index contributed by atoms with van der Waals surface area (Å²) < 4.78 is 5.22. The van der Waals surface area contributed by atoms with Gasteiger partial charge < -0.3 is 10.1 Å². The highest BCUT2D eigenvalue weighted by atomic mass is 16.5. The molecule has 2 N–H and O–H groups in total. The number of ether oxygens (including phenoxy) is 1. The summed E-state index contributed by atoms with van der Waals surface area (Å²) in [5, 5.41) is 6.60. The number of nitrogens with one attached hydrogen (secondary N) is 2. The van der Waals surface area contributed by atoms with E-state index in [1.165, 1.54) is 11.6 Å². The fourth-order valence-corrected chi connectivity index (χ4v) is 2.43. The first-order valence-electron chi connectivity index (χ1n) is 9.05. The first-order chi connectivity index (χ1) is 13.5. The maximum atomic E-state index is 11.9. The monoisotopic (exact) mass is 379 g/mol. The highest BCUT2D eigenvalue weighted by Gasteiger charge is 2.04. The Morgan fingerprint density at radius 3 is 2.50 bits per heavy atom. The predicted octanol–water partition coefficient (Wildman–Crippen LogP) is 2.93. The number of methoxy groups -OCH3 is 1. The van der Waals surface area contributed by atoms with Gasteiger partial charge in [0.25, 0.3) is 5.91 Å². The molecule has 0 saturated carbocycles. The third-order valence-electron chi connectivity index (χ3n) is 4.10. The van der Waals surface area contributed by atoms with E-state index < -0.39 is 5.91 Å². The van der Waals surface area contributed by atoms with Gasteiger partial charge in [0.1, 0.15) is 5.75 Å². The van der Waals surface area contributed by atoms with E-state index in [2.05, 4.69) is 22.8 Å². The molecule has 6 nitrogen and oxygen atoms in total. The lowest BCUT2D eigenvalue weighted by atomic mass is 10.1. The third kappa shape index (κ3) is 6.39. The van der Waals surface area contributed by atoms with Gasteiger partial charge in [-0.05, 0) is 36.6 Å². The van der Waals surface area contributed by atoms with Gasteiger partial charge in [0, 0.05) is 11.6 Å². The second-order valence-electron chi connectivity index (χ2n) is 6.08. The van der Waals surface area contributed by atoms with Crippen molar-refractivity contribution in [3.8, 4) is 5.75 Å². The Labute approximate surface area is 165 Å². The van der Waals surface area contributed by atoms with Crippen molar-refractivity contribution in [3.05, 3.63) is 71.3 Å². The molecule has 0 radical (unpaired) electrons. The van der Waals surface area contributed by atoms with Gasteiger partial charge in [-0.25, -0.2) is 5.43 Å². The molecule has 2 aromatic carbocycles. The molecule has 0 heterocycles. The Morgan fingerprint density at radius 2 is 1.82 bits per heavy atom. The molecule has 2 amide bonds. The molecule has 2 aromatic rings. The number of rotatable bonds is 8. The molecule has 0 aromatic heterocycles. The lowest BCUT2D eigenvalue weighted by Gasteiger charge is -2.05. The average Bonchev–Trinajstić information content (AvgIpc) is 2.74. The molecule has 0 unspecified atom stereocenters. The summed E-state index contributed by atoms with van der Waals surface area (Å²) in [7, 11) is 1.57. The van der Waals surface area contributed by atoms with Gasteiger partial charge in [-0.3, -0.25) is 9.59 Å². The van der Waals surface area contributed by atoms with Crippen LogP contribution in [0.25, 0.3) is 6.08 Å². The van der Waals surface area contributed by atoms with Crippen molar-refractivity contribution >= 4 is 23.6 Å². The van der Waals surface area contributed by atoms with Crippen molar-refractivity contribution in [1.82, 2.24) is 10.7 Å².